The van der Waals surface area contributed by atoms with Gasteiger partial charge in [-0.15, -0.1) is 0 Å². The van der Waals surface area contributed by atoms with E-state index in [1.54, 1.807) is 0 Å². The maximum absolute atomic E-state index is 10.8. The number of rotatable bonds is 1. The topological polar surface area (TPSA) is 37.3 Å². The van der Waals surface area contributed by atoms with Crippen molar-refractivity contribution < 1.29 is 9.90 Å². The molecule has 0 amide bonds. The average Bonchev–Trinajstić information content (AvgIpc) is 2.53. The molecule has 5 atom stereocenters. The summed E-state index contributed by atoms with van der Waals surface area (Å²) in [5.74, 6) is 1.96. The van der Waals surface area contributed by atoms with Gasteiger partial charge in [-0.05, 0) is 36.5 Å². The van der Waals surface area contributed by atoms with Crippen LogP contribution in [0.4, 0.5) is 0 Å². The molecule has 12 heavy (non-hydrogen) atoms. The molecule has 0 saturated heterocycles. The van der Waals surface area contributed by atoms with Gasteiger partial charge in [0.1, 0.15) is 0 Å². The van der Waals surface area contributed by atoms with Gasteiger partial charge in [0.05, 0.1) is 5.92 Å². The largest absolute Gasteiger partial charge is 0.481 e. The van der Waals surface area contributed by atoms with E-state index in [0.717, 1.165) is 12.3 Å². The number of hydrogen-bond donors (Lipinski definition) is 1. The normalized spacial score (nSPS) is 51.3. The Labute approximate surface area is 73.0 Å². The molecule has 5 unspecified atom stereocenters. The van der Waals surface area contributed by atoms with Crippen molar-refractivity contribution in [3.05, 3.63) is 0 Å². The van der Waals surface area contributed by atoms with Crippen molar-refractivity contribution in [1.82, 2.24) is 0 Å². The van der Waals surface area contributed by atoms with Crippen molar-refractivity contribution >= 4 is 5.97 Å². The van der Waals surface area contributed by atoms with E-state index in [2.05, 4.69) is 13.8 Å². The van der Waals surface area contributed by atoms with Gasteiger partial charge in [-0.2, -0.15) is 0 Å². The van der Waals surface area contributed by atoms with Crippen LogP contribution in [0.2, 0.25) is 0 Å². The summed E-state index contributed by atoms with van der Waals surface area (Å²) in [5.41, 5.74) is 0. The quantitative estimate of drug-likeness (QED) is 0.650. The van der Waals surface area contributed by atoms with Gasteiger partial charge in [0.2, 0.25) is 0 Å². The lowest BCUT2D eigenvalue weighted by molar-refractivity contribution is -0.144. The molecule has 0 spiro atoms. The molecule has 2 saturated carbocycles. The molecule has 2 aliphatic carbocycles. The van der Waals surface area contributed by atoms with Crippen LogP contribution >= 0.6 is 0 Å². The van der Waals surface area contributed by atoms with Crippen LogP contribution in [-0.2, 0) is 4.79 Å². The van der Waals surface area contributed by atoms with Crippen molar-refractivity contribution in [2.75, 3.05) is 0 Å². The molecule has 0 heterocycles. The molecule has 2 rings (SSSR count). The third-order valence-electron chi connectivity index (χ3n) is 4.21. The number of carbonyl (C=O) groups is 1. The standard InChI is InChI=1S/C10H16O2/c1-5-6(2)8-3-7(5)4-9(8)10(11)12/h5-9H,3-4H2,1-2H3,(H,11,12). The van der Waals surface area contributed by atoms with Crippen LogP contribution < -0.4 is 0 Å². The van der Waals surface area contributed by atoms with Gasteiger partial charge in [0, 0.05) is 0 Å². The first kappa shape index (κ1) is 8.09. The summed E-state index contributed by atoms with van der Waals surface area (Å²) in [6.07, 6.45) is 2.10. The third kappa shape index (κ3) is 0.900. The summed E-state index contributed by atoms with van der Waals surface area (Å²) >= 11 is 0. The number of hydrogen-bond acceptors (Lipinski definition) is 1. The van der Waals surface area contributed by atoms with Crippen molar-refractivity contribution in [2.24, 2.45) is 29.6 Å². The van der Waals surface area contributed by atoms with Gasteiger partial charge in [0.25, 0.3) is 0 Å². The zero-order chi connectivity index (χ0) is 8.88. The lowest BCUT2D eigenvalue weighted by Gasteiger charge is -2.29. The fourth-order valence-electron chi connectivity index (χ4n) is 3.22. The monoisotopic (exact) mass is 168 g/mol. The SMILES string of the molecule is CC1C2CC(C(=O)O)C(C2)C1C. The molecule has 2 bridgehead atoms. The first-order valence-electron chi connectivity index (χ1n) is 4.84. The Morgan fingerprint density at radius 1 is 1.25 bits per heavy atom. The van der Waals surface area contributed by atoms with Gasteiger partial charge in [-0.3, -0.25) is 4.79 Å². The number of aliphatic carboxylic acids is 1. The second-order valence-electron chi connectivity index (χ2n) is 4.56. The summed E-state index contributed by atoms with van der Waals surface area (Å²) < 4.78 is 0. The maximum Gasteiger partial charge on any atom is 0.306 e. The summed E-state index contributed by atoms with van der Waals surface area (Å²) in [7, 11) is 0. The van der Waals surface area contributed by atoms with Crippen LogP contribution in [0.1, 0.15) is 26.7 Å². The van der Waals surface area contributed by atoms with E-state index in [0.29, 0.717) is 17.8 Å². The molecule has 0 radical (unpaired) electrons. The number of carboxylic acid groups (broad SMARTS) is 1. The summed E-state index contributed by atoms with van der Waals surface area (Å²) in [4.78, 5) is 10.8. The van der Waals surface area contributed by atoms with Crippen LogP contribution in [0.5, 0.6) is 0 Å². The molecule has 0 aromatic heterocycles. The molecule has 0 aromatic rings. The van der Waals surface area contributed by atoms with E-state index in [-0.39, 0.29) is 5.92 Å². The summed E-state index contributed by atoms with van der Waals surface area (Å²) in [5, 5.41) is 8.94. The minimum absolute atomic E-state index is 0.0267. The fraction of sp³-hybridized carbons (Fsp3) is 0.900. The average molecular weight is 168 g/mol. The Morgan fingerprint density at radius 2 is 1.92 bits per heavy atom. The van der Waals surface area contributed by atoms with Gasteiger partial charge in [-0.1, -0.05) is 13.8 Å². The lowest BCUT2D eigenvalue weighted by atomic mass is 9.76. The molecule has 68 valence electrons. The van der Waals surface area contributed by atoms with Crippen LogP contribution in [0, 0.1) is 29.6 Å². The third-order valence-corrected chi connectivity index (χ3v) is 4.21. The highest BCUT2D eigenvalue weighted by Gasteiger charge is 2.51. The highest BCUT2D eigenvalue weighted by molar-refractivity contribution is 5.71. The van der Waals surface area contributed by atoms with Crippen molar-refractivity contribution in [2.45, 2.75) is 26.7 Å². The van der Waals surface area contributed by atoms with Crippen molar-refractivity contribution in [3.63, 3.8) is 0 Å². The van der Waals surface area contributed by atoms with E-state index >= 15 is 0 Å². The summed E-state index contributed by atoms with van der Waals surface area (Å²) in [6, 6.07) is 0. The lowest BCUT2D eigenvalue weighted by Crippen LogP contribution is -2.29. The van der Waals surface area contributed by atoms with Gasteiger partial charge in [-0.25, -0.2) is 0 Å². The molecule has 2 fully saturated rings. The predicted octanol–water partition coefficient (Wildman–Crippen LogP) is 2.00. The zero-order valence-corrected chi connectivity index (χ0v) is 7.66. The van der Waals surface area contributed by atoms with E-state index in [1.165, 1.54) is 6.42 Å². The van der Waals surface area contributed by atoms with Gasteiger partial charge < -0.3 is 5.11 Å². The second kappa shape index (κ2) is 2.48. The Balaban J connectivity index is 2.15. The van der Waals surface area contributed by atoms with Gasteiger partial charge in [0.15, 0.2) is 0 Å². The Hall–Kier alpha value is -0.530. The smallest absolute Gasteiger partial charge is 0.306 e. The van der Waals surface area contributed by atoms with Crippen LogP contribution in [0.25, 0.3) is 0 Å². The first-order valence-corrected chi connectivity index (χ1v) is 4.84. The maximum atomic E-state index is 10.8. The molecule has 2 aliphatic rings. The predicted molar refractivity (Wildman–Crippen MR) is 45.7 cm³/mol. The van der Waals surface area contributed by atoms with E-state index in [1.807, 2.05) is 0 Å². The molecule has 0 aromatic carbocycles. The van der Waals surface area contributed by atoms with E-state index in [4.69, 9.17) is 5.11 Å². The zero-order valence-electron chi connectivity index (χ0n) is 7.66. The second-order valence-corrected chi connectivity index (χ2v) is 4.56. The van der Waals surface area contributed by atoms with E-state index < -0.39 is 5.97 Å². The number of carboxylic acids is 1. The molecule has 2 heteroatoms. The molecule has 1 N–H and O–H groups in total. The molecular formula is C10H16O2. The van der Waals surface area contributed by atoms with Crippen LogP contribution in [0.15, 0.2) is 0 Å². The summed E-state index contributed by atoms with van der Waals surface area (Å²) in [6.45, 7) is 4.48. The highest BCUT2D eigenvalue weighted by atomic mass is 16.4. The number of fused-ring (bicyclic) bond motifs is 2. The highest BCUT2D eigenvalue weighted by Crippen LogP contribution is 2.54. The van der Waals surface area contributed by atoms with Crippen molar-refractivity contribution in [1.29, 1.82) is 0 Å². The van der Waals surface area contributed by atoms with Crippen LogP contribution in [-0.4, -0.2) is 11.1 Å². The van der Waals surface area contributed by atoms with Gasteiger partial charge >= 0.3 is 5.97 Å². The first-order chi connectivity index (χ1) is 5.61. The fourth-order valence-corrected chi connectivity index (χ4v) is 3.22. The molecule has 2 nitrogen and oxygen atoms in total. The minimum Gasteiger partial charge on any atom is -0.481 e. The Bertz CT molecular complexity index is 210. The molecular weight excluding hydrogens is 152 g/mol. The Kier molecular flexibility index (Phi) is 1.67. The van der Waals surface area contributed by atoms with Crippen LogP contribution in [0.3, 0.4) is 0 Å². The minimum atomic E-state index is -0.568. The molecule has 0 aliphatic heterocycles. The van der Waals surface area contributed by atoms with E-state index in [9.17, 15) is 4.79 Å². The Morgan fingerprint density at radius 3 is 2.33 bits per heavy atom. The van der Waals surface area contributed by atoms with Crippen molar-refractivity contribution in [3.8, 4) is 0 Å².